The number of thioether (sulfide) groups is 1. The topological polar surface area (TPSA) is 50.5 Å². The fourth-order valence-corrected chi connectivity index (χ4v) is 2.66. The third kappa shape index (κ3) is 3.63. The zero-order valence-corrected chi connectivity index (χ0v) is 12.2. The molecule has 0 saturated carbocycles. The van der Waals surface area contributed by atoms with Gasteiger partial charge in [0.05, 0.1) is 11.2 Å². The second-order valence-corrected chi connectivity index (χ2v) is 5.43. The van der Waals surface area contributed by atoms with Crippen molar-refractivity contribution in [1.82, 2.24) is 4.90 Å². The van der Waals surface area contributed by atoms with E-state index in [1.807, 2.05) is 6.07 Å². The van der Waals surface area contributed by atoms with Crippen LogP contribution in [-0.4, -0.2) is 22.6 Å². The number of nitrogens with zero attached hydrogens (tertiary/aromatic N) is 1. The highest BCUT2D eigenvalue weighted by atomic mass is 32.2. The molecule has 0 spiro atoms. The van der Waals surface area contributed by atoms with Crippen molar-refractivity contribution < 1.29 is 14.0 Å². The van der Waals surface area contributed by atoms with Crippen LogP contribution in [0.5, 0.6) is 0 Å². The number of unbranched alkanes of at least 4 members (excludes halogenated alkanes) is 2. The van der Waals surface area contributed by atoms with E-state index >= 15 is 0 Å². The molecule has 106 valence electrons. The summed E-state index contributed by atoms with van der Waals surface area (Å²) in [5.41, 5.74) is 0. The summed E-state index contributed by atoms with van der Waals surface area (Å²) in [5.74, 6) is 0.517. The van der Waals surface area contributed by atoms with E-state index in [1.165, 1.54) is 4.90 Å². The van der Waals surface area contributed by atoms with Crippen molar-refractivity contribution in [2.75, 3.05) is 6.54 Å². The summed E-state index contributed by atoms with van der Waals surface area (Å²) in [4.78, 5) is 25.6. The van der Waals surface area contributed by atoms with Crippen LogP contribution >= 0.6 is 11.8 Å². The van der Waals surface area contributed by atoms with E-state index in [9.17, 15) is 9.59 Å². The van der Waals surface area contributed by atoms with Gasteiger partial charge in [0.1, 0.15) is 5.76 Å². The molecule has 0 bridgehead atoms. The Kier molecular flexibility index (Phi) is 5.24. The molecule has 0 aliphatic carbocycles. The minimum absolute atomic E-state index is 0.177. The van der Waals surface area contributed by atoms with Crippen LogP contribution in [0.15, 0.2) is 39.9 Å². The first-order chi connectivity index (χ1) is 9.72. The van der Waals surface area contributed by atoms with E-state index in [0.29, 0.717) is 17.2 Å². The second kappa shape index (κ2) is 7.14. The molecule has 0 unspecified atom stereocenters. The first kappa shape index (κ1) is 14.7. The number of hydrogen-bond acceptors (Lipinski definition) is 4. The zero-order valence-electron chi connectivity index (χ0n) is 11.4. The lowest BCUT2D eigenvalue weighted by Crippen LogP contribution is -2.29. The van der Waals surface area contributed by atoms with E-state index in [-0.39, 0.29) is 11.1 Å². The second-order valence-electron chi connectivity index (χ2n) is 4.44. The molecule has 1 aromatic rings. The highest BCUT2D eigenvalue weighted by Gasteiger charge is 2.33. The third-order valence-electron chi connectivity index (χ3n) is 2.91. The van der Waals surface area contributed by atoms with Crippen LogP contribution in [0.25, 0.3) is 6.08 Å². The van der Waals surface area contributed by atoms with E-state index in [1.54, 1.807) is 30.6 Å². The number of carbonyl (C=O) groups excluding carboxylic acids is 2. The molecule has 1 aromatic heterocycles. The van der Waals surface area contributed by atoms with E-state index in [2.05, 4.69) is 6.92 Å². The molecule has 0 N–H and O–H groups in total. The Hall–Kier alpha value is -1.75. The van der Waals surface area contributed by atoms with Crippen molar-refractivity contribution >= 4 is 29.0 Å². The first-order valence-corrected chi connectivity index (χ1v) is 7.49. The van der Waals surface area contributed by atoms with Gasteiger partial charge in [-0.3, -0.25) is 14.5 Å². The number of imide groups is 1. The summed E-state index contributed by atoms with van der Waals surface area (Å²) in [7, 11) is 0. The molecule has 1 saturated heterocycles. The standard InChI is InChI=1S/C15H17NO3S/c1-2-3-4-10-16-14(17)13(20-15(16)18)9-5-7-12-8-6-11-19-12/h5-9,11H,2-4,10H2,1H3/b7-5+,13-9-. The van der Waals surface area contributed by atoms with E-state index in [4.69, 9.17) is 4.42 Å². The number of rotatable bonds is 6. The molecular weight excluding hydrogens is 274 g/mol. The van der Waals surface area contributed by atoms with E-state index < -0.39 is 0 Å². The number of carbonyl (C=O) groups is 2. The lowest BCUT2D eigenvalue weighted by atomic mass is 10.2. The number of amides is 2. The molecule has 20 heavy (non-hydrogen) atoms. The molecule has 5 heteroatoms. The Morgan fingerprint density at radius 1 is 1.35 bits per heavy atom. The molecule has 1 aliphatic rings. The van der Waals surface area contributed by atoms with Crippen LogP contribution < -0.4 is 0 Å². The zero-order chi connectivity index (χ0) is 14.4. The monoisotopic (exact) mass is 291 g/mol. The molecule has 0 aromatic carbocycles. The Labute approximate surface area is 122 Å². The molecule has 4 nitrogen and oxygen atoms in total. The summed E-state index contributed by atoms with van der Waals surface area (Å²) >= 11 is 0.994. The van der Waals surface area contributed by atoms with Gasteiger partial charge in [-0.25, -0.2) is 0 Å². The van der Waals surface area contributed by atoms with Crippen molar-refractivity contribution in [2.24, 2.45) is 0 Å². The van der Waals surface area contributed by atoms with Crippen LogP contribution in [0.3, 0.4) is 0 Å². The largest absolute Gasteiger partial charge is 0.465 e. The predicted octanol–water partition coefficient (Wildman–Crippen LogP) is 4.06. The first-order valence-electron chi connectivity index (χ1n) is 6.68. The highest BCUT2D eigenvalue weighted by molar-refractivity contribution is 8.18. The van der Waals surface area contributed by atoms with Crippen LogP contribution in [-0.2, 0) is 4.79 Å². The Bertz CT molecular complexity index is 531. The van der Waals surface area contributed by atoms with Crippen LogP contribution in [0, 0.1) is 0 Å². The number of hydrogen-bond donors (Lipinski definition) is 0. The van der Waals surface area contributed by atoms with Gasteiger partial charge in [-0.15, -0.1) is 0 Å². The van der Waals surface area contributed by atoms with Gasteiger partial charge in [0, 0.05) is 6.54 Å². The molecular formula is C15H17NO3S. The summed E-state index contributed by atoms with van der Waals surface area (Å²) in [6.07, 6.45) is 9.68. The van der Waals surface area contributed by atoms with Crippen molar-refractivity contribution in [1.29, 1.82) is 0 Å². The highest BCUT2D eigenvalue weighted by Crippen LogP contribution is 2.30. The van der Waals surface area contributed by atoms with Crippen LogP contribution in [0.4, 0.5) is 4.79 Å². The van der Waals surface area contributed by atoms with Crippen molar-refractivity contribution in [3.63, 3.8) is 0 Å². The maximum absolute atomic E-state index is 12.1. The Balaban J connectivity index is 1.96. The summed E-state index contributed by atoms with van der Waals surface area (Å²) in [6, 6.07) is 3.61. The van der Waals surface area contributed by atoms with Gasteiger partial charge in [-0.05, 0) is 42.5 Å². The van der Waals surface area contributed by atoms with Gasteiger partial charge < -0.3 is 4.42 Å². The number of allylic oxidation sites excluding steroid dienone is 2. The predicted molar refractivity (Wildman–Crippen MR) is 80.1 cm³/mol. The van der Waals surface area contributed by atoms with Crippen LogP contribution in [0.1, 0.15) is 31.9 Å². The minimum atomic E-state index is -0.194. The average Bonchev–Trinajstić information content (AvgIpc) is 3.03. The van der Waals surface area contributed by atoms with E-state index in [0.717, 1.165) is 31.0 Å². The van der Waals surface area contributed by atoms with Gasteiger partial charge in [0.25, 0.3) is 11.1 Å². The van der Waals surface area contributed by atoms with Crippen molar-refractivity contribution in [3.05, 3.63) is 41.2 Å². The fourth-order valence-electron chi connectivity index (χ4n) is 1.84. The lowest BCUT2D eigenvalue weighted by Gasteiger charge is -2.11. The van der Waals surface area contributed by atoms with Gasteiger partial charge in [0.2, 0.25) is 0 Å². The summed E-state index contributed by atoms with van der Waals surface area (Å²) in [5, 5.41) is -0.177. The molecule has 0 atom stereocenters. The summed E-state index contributed by atoms with van der Waals surface area (Å²) in [6.45, 7) is 2.60. The van der Waals surface area contributed by atoms with Gasteiger partial charge in [0.15, 0.2) is 0 Å². The van der Waals surface area contributed by atoms with Crippen molar-refractivity contribution in [2.45, 2.75) is 26.2 Å². The fraction of sp³-hybridized carbons (Fsp3) is 0.333. The Morgan fingerprint density at radius 3 is 2.90 bits per heavy atom. The van der Waals surface area contributed by atoms with Gasteiger partial charge in [-0.2, -0.15) is 0 Å². The lowest BCUT2D eigenvalue weighted by molar-refractivity contribution is -0.122. The summed E-state index contributed by atoms with van der Waals surface area (Å²) < 4.78 is 5.15. The molecule has 2 heterocycles. The van der Waals surface area contributed by atoms with Crippen molar-refractivity contribution in [3.8, 4) is 0 Å². The third-order valence-corrected chi connectivity index (χ3v) is 3.84. The molecule has 1 aliphatic heterocycles. The molecule has 1 fully saturated rings. The van der Waals surface area contributed by atoms with Gasteiger partial charge >= 0.3 is 0 Å². The molecule has 2 rings (SSSR count). The smallest absolute Gasteiger partial charge is 0.293 e. The maximum Gasteiger partial charge on any atom is 0.293 e. The maximum atomic E-state index is 12.1. The number of furan rings is 1. The SMILES string of the molecule is CCCCCN1C(=O)S/C(=C\C=C\c2ccco2)C1=O. The van der Waals surface area contributed by atoms with Gasteiger partial charge in [-0.1, -0.05) is 25.8 Å². The van der Waals surface area contributed by atoms with Crippen LogP contribution in [0.2, 0.25) is 0 Å². The molecule has 2 amide bonds. The average molecular weight is 291 g/mol. The Morgan fingerprint density at radius 2 is 2.20 bits per heavy atom. The molecule has 0 radical (unpaired) electrons. The minimum Gasteiger partial charge on any atom is -0.465 e. The quantitative estimate of drug-likeness (QED) is 0.586. The normalized spacial score (nSPS) is 17.9.